The molecule has 142 heavy (non-hydrogen) atoms. The standard InChI is InChI=1S/2C68H67N3/c1-5-7-8-51-15-28-60(29-16-51)70(61-31-22-57(23-32-61)68-45-52-41-53(46-68)44-67(43-52,47-68)56-20-13-50(6-2)14-21-56)63-35-39-65(40-36-63)71(66-30-19-54-17-18-55(54)42-66)64-37-33-62(34-38-64)69(58-24-9-48(3)10-25-58)59-26-11-49(4)12-27-59;1-5-7-8-51-15-28-60(29-16-51)70(61-31-22-57(23-32-61)68-45-52-41-53(46-68)44-67(43-52,47-68)56-20-13-50(6-2)14-21-56)64-35-33-62(34-36-64)69(58-24-9-48(3)10-25-58)63-37-39-65(40-38-63)71(59-26-11-49(4)12-27-59)66-30-19-54-17-18-55(54)42-66/h2*6,9-16,19-40,42,52-53H,2,5,7-8,17-18,41,43-47H2,1,3-4H3. The SMILES string of the molecule is C=Cc1ccc(C23CC4CC(C2)CC(c2ccc(N(c5ccc(CCCC)cc5)c5ccc(N(c6ccc(C)cc6)c6ccc(N(c7ccc(C)cc7)c7ccc8c(c7)CC8)cc6)cc5)cc2)(C4)C3)cc1.C=Cc1ccc(C23CC4CC(C2)CC(c2ccc(N(c5ccc(CCCC)cc5)c5ccc(N(c6ccc(N(c7ccc(C)cc7)c7ccc(C)cc7)cc6)c6ccc7c(c6)CC7)cc5)cc2)(C4)C3)cc1. The quantitative estimate of drug-likeness (QED) is 0.0444. The molecule has 0 aromatic heterocycles. The molecule has 10 aliphatic carbocycles. The highest BCUT2D eigenvalue weighted by Gasteiger charge is 2.60. The summed E-state index contributed by atoms with van der Waals surface area (Å²) in [5, 5.41) is 0. The van der Waals surface area contributed by atoms with Gasteiger partial charge in [-0.05, 0) is 487 Å². The summed E-state index contributed by atoms with van der Waals surface area (Å²) in [5.74, 6) is 3.20. The highest BCUT2D eigenvalue weighted by Crippen LogP contribution is 2.69. The van der Waals surface area contributed by atoms with E-state index in [0.29, 0.717) is 0 Å². The number of hydrogen-bond acceptors (Lipinski definition) is 6. The molecule has 0 radical (unpaired) electrons. The van der Waals surface area contributed by atoms with E-state index >= 15 is 0 Å². The number of benzene rings is 16. The molecule has 6 heteroatoms. The van der Waals surface area contributed by atoms with Gasteiger partial charge in [0.15, 0.2) is 0 Å². The molecule has 0 amide bonds. The first-order valence-electron chi connectivity index (χ1n) is 53.1. The lowest BCUT2D eigenvalue weighted by Gasteiger charge is -2.63. The van der Waals surface area contributed by atoms with Gasteiger partial charge in [0.05, 0.1) is 0 Å². The van der Waals surface area contributed by atoms with Gasteiger partial charge < -0.3 is 29.4 Å². The topological polar surface area (TPSA) is 19.4 Å². The van der Waals surface area contributed by atoms with Crippen LogP contribution in [0, 0.1) is 51.4 Å². The molecule has 6 nitrogen and oxygen atoms in total. The largest absolute Gasteiger partial charge is 0.311 e. The Hall–Kier alpha value is -14.2. The van der Waals surface area contributed by atoms with Crippen LogP contribution in [0.15, 0.2) is 389 Å². The van der Waals surface area contributed by atoms with E-state index in [1.807, 2.05) is 12.2 Å². The minimum Gasteiger partial charge on any atom is -0.311 e. The lowest BCUT2D eigenvalue weighted by molar-refractivity contribution is -0.0282. The molecule has 4 atom stereocenters. The Bertz CT molecular complexity index is 7090. The molecular formula is C136H134N6. The maximum atomic E-state index is 4.03. The number of nitrogens with zero attached hydrogens (tertiary/aromatic N) is 6. The highest BCUT2D eigenvalue weighted by molar-refractivity contribution is 5.87. The van der Waals surface area contributed by atoms with E-state index < -0.39 is 0 Å². The summed E-state index contributed by atoms with van der Waals surface area (Å²) in [6.45, 7) is 21.2. The molecule has 8 bridgehead atoms. The lowest BCUT2D eigenvalue weighted by atomic mass is 9.41. The molecule has 10 aliphatic rings. The molecule has 8 fully saturated rings. The van der Waals surface area contributed by atoms with Crippen LogP contribution in [0.25, 0.3) is 12.2 Å². The first kappa shape index (κ1) is 91.6. The van der Waals surface area contributed by atoms with Crippen molar-refractivity contribution in [3.63, 3.8) is 0 Å². The fraction of sp³-hybridized carbons (Fsp3) is 0.265. The minimum absolute atomic E-state index is 0.228. The van der Waals surface area contributed by atoms with Crippen LogP contribution in [-0.2, 0) is 60.2 Å². The van der Waals surface area contributed by atoms with E-state index in [2.05, 4.69) is 460 Å². The van der Waals surface area contributed by atoms with E-state index in [0.717, 1.165) is 124 Å². The van der Waals surface area contributed by atoms with Crippen molar-refractivity contribution in [2.45, 2.75) is 204 Å². The van der Waals surface area contributed by atoms with Crippen molar-refractivity contribution >= 4 is 115 Å². The zero-order valence-corrected chi connectivity index (χ0v) is 83.9. The van der Waals surface area contributed by atoms with Crippen LogP contribution < -0.4 is 29.4 Å². The zero-order chi connectivity index (χ0) is 96.2. The van der Waals surface area contributed by atoms with Gasteiger partial charge in [0.2, 0.25) is 0 Å². The molecule has 16 aromatic carbocycles. The minimum atomic E-state index is 0.228. The molecule has 26 rings (SSSR count). The highest BCUT2D eigenvalue weighted by atomic mass is 15.2. The third-order valence-corrected chi connectivity index (χ3v) is 34.0. The predicted molar refractivity (Wildman–Crippen MR) is 601 cm³/mol. The molecule has 8 saturated carbocycles. The Morgan fingerprint density at radius 2 is 0.408 bits per heavy atom. The zero-order valence-electron chi connectivity index (χ0n) is 83.9. The number of unbranched alkanes of at least 4 members (excludes halogenated alkanes) is 2. The summed E-state index contributed by atoms with van der Waals surface area (Å²) in [6, 6.07) is 143. The van der Waals surface area contributed by atoms with Crippen LogP contribution in [0.1, 0.15) is 206 Å². The van der Waals surface area contributed by atoms with Crippen LogP contribution in [-0.4, -0.2) is 0 Å². The molecule has 4 unspecified atom stereocenters. The Labute approximate surface area is 844 Å². The number of fused-ring (bicyclic) bond motifs is 2. The normalized spacial score (nSPS) is 20.5. The van der Waals surface area contributed by atoms with Crippen molar-refractivity contribution in [3.8, 4) is 0 Å². The Balaban J connectivity index is 0.000000158. The van der Waals surface area contributed by atoms with Crippen molar-refractivity contribution in [2.24, 2.45) is 23.7 Å². The third-order valence-electron chi connectivity index (χ3n) is 34.0. The van der Waals surface area contributed by atoms with Gasteiger partial charge in [-0.1, -0.05) is 232 Å². The van der Waals surface area contributed by atoms with Crippen molar-refractivity contribution in [1.82, 2.24) is 0 Å². The third kappa shape index (κ3) is 18.0. The van der Waals surface area contributed by atoms with Crippen LogP contribution in [0.4, 0.5) is 102 Å². The van der Waals surface area contributed by atoms with E-state index in [-0.39, 0.29) is 21.7 Å². The average molecular weight is 1850 g/mol. The van der Waals surface area contributed by atoms with Crippen molar-refractivity contribution in [3.05, 3.63) is 478 Å². The lowest BCUT2D eigenvalue weighted by Crippen LogP contribution is -2.55. The van der Waals surface area contributed by atoms with E-state index in [1.54, 1.807) is 11.1 Å². The van der Waals surface area contributed by atoms with Gasteiger partial charge in [0.1, 0.15) is 0 Å². The molecule has 0 spiro atoms. The molecule has 0 aliphatic heterocycles. The van der Waals surface area contributed by atoms with E-state index in [1.165, 1.54) is 221 Å². The van der Waals surface area contributed by atoms with Crippen LogP contribution in [0.5, 0.6) is 0 Å². The van der Waals surface area contributed by atoms with Crippen molar-refractivity contribution < 1.29 is 0 Å². The van der Waals surface area contributed by atoms with Crippen LogP contribution >= 0.6 is 0 Å². The fourth-order valence-corrected chi connectivity index (χ4v) is 27.2. The first-order chi connectivity index (χ1) is 69.5. The molecule has 0 N–H and O–H groups in total. The Kier molecular flexibility index (Phi) is 24.9. The van der Waals surface area contributed by atoms with Crippen LogP contribution in [0.3, 0.4) is 0 Å². The van der Waals surface area contributed by atoms with Gasteiger partial charge in [-0.2, -0.15) is 0 Å². The van der Waals surface area contributed by atoms with Crippen molar-refractivity contribution in [1.29, 1.82) is 0 Å². The second-order valence-electron chi connectivity index (χ2n) is 43.7. The summed E-state index contributed by atoms with van der Waals surface area (Å²) in [4.78, 5) is 14.5. The average Bonchev–Trinajstić information content (AvgIpc) is 0.705. The van der Waals surface area contributed by atoms with Gasteiger partial charge in [-0.3, -0.25) is 0 Å². The number of hydrogen-bond donors (Lipinski definition) is 0. The van der Waals surface area contributed by atoms with Gasteiger partial charge in [-0.15, -0.1) is 0 Å². The van der Waals surface area contributed by atoms with Gasteiger partial charge in [-0.25, -0.2) is 0 Å². The van der Waals surface area contributed by atoms with Gasteiger partial charge in [0.25, 0.3) is 0 Å². The maximum Gasteiger partial charge on any atom is 0.0464 e. The van der Waals surface area contributed by atoms with Crippen LogP contribution in [0.2, 0.25) is 0 Å². The molecule has 0 saturated heterocycles. The van der Waals surface area contributed by atoms with Gasteiger partial charge >= 0.3 is 0 Å². The summed E-state index contributed by atoms with van der Waals surface area (Å²) in [7, 11) is 0. The molecular weight excluding hydrogens is 1720 g/mol. The summed E-state index contributed by atoms with van der Waals surface area (Å²) < 4.78 is 0. The number of rotatable bonds is 30. The van der Waals surface area contributed by atoms with Gasteiger partial charge in [0, 0.05) is 102 Å². The van der Waals surface area contributed by atoms with E-state index in [4.69, 9.17) is 0 Å². The Morgan fingerprint density at radius 1 is 0.225 bits per heavy atom. The monoisotopic (exact) mass is 1850 g/mol. The number of anilines is 18. The fourth-order valence-electron chi connectivity index (χ4n) is 27.2. The second kappa shape index (κ2) is 38.7. The Morgan fingerprint density at radius 3 is 0.606 bits per heavy atom. The first-order valence-corrected chi connectivity index (χ1v) is 53.1. The molecule has 0 heterocycles. The molecule has 708 valence electrons. The summed E-state index contributed by atoms with van der Waals surface area (Å²) in [5.41, 5.74) is 44.0. The van der Waals surface area contributed by atoms with E-state index in [9.17, 15) is 0 Å². The smallest absolute Gasteiger partial charge is 0.0464 e. The molecule has 16 aromatic rings. The maximum absolute atomic E-state index is 4.03. The van der Waals surface area contributed by atoms with Crippen molar-refractivity contribution in [2.75, 3.05) is 29.4 Å². The predicted octanol–water partition coefficient (Wildman–Crippen LogP) is 37.2. The number of aryl methyl sites for hydroxylation is 10. The summed E-state index contributed by atoms with van der Waals surface area (Å²) >= 11 is 0. The summed E-state index contributed by atoms with van der Waals surface area (Å²) in [6.07, 6.45) is 31.5. The second-order valence-corrected chi connectivity index (χ2v) is 43.7.